The number of fused-ring (bicyclic) bond motifs is 2. The van der Waals surface area contributed by atoms with Crippen molar-refractivity contribution in [3.8, 4) is 5.88 Å². The smallest absolute Gasteiger partial charge is 0.251 e. The van der Waals surface area contributed by atoms with Gasteiger partial charge in [0.15, 0.2) is 0 Å². The van der Waals surface area contributed by atoms with Gasteiger partial charge in [-0.15, -0.1) is 4.37 Å². The summed E-state index contributed by atoms with van der Waals surface area (Å²) >= 11 is 1.21. The number of rotatable bonds is 4. The number of hydrogen-bond acceptors (Lipinski definition) is 6. The Hall–Kier alpha value is -0.980. The molecule has 104 valence electrons. The van der Waals surface area contributed by atoms with Crippen molar-refractivity contribution in [2.24, 2.45) is 5.92 Å². The Morgan fingerprint density at radius 1 is 1.42 bits per heavy atom. The van der Waals surface area contributed by atoms with Gasteiger partial charge in [-0.3, -0.25) is 4.90 Å². The summed E-state index contributed by atoms with van der Waals surface area (Å²) < 4.78 is 14.3. The van der Waals surface area contributed by atoms with Crippen molar-refractivity contribution in [3.63, 3.8) is 0 Å². The second-order valence-corrected chi connectivity index (χ2v) is 5.74. The third kappa shape index (κ3) is 2.52. The van der Waals surface area contributed by atoms with Crippen LogP contribution in [0, 0.1) is 5.92 Å². The van der Waals surface area contributed by atoms with Gasteiger partial charge in [0.2, 0.25) is 0 Å². The van der Waals surface area contributed by atoms with Crippen molar-refractivity contribution in [1.82, 2.24) is 13.6 Å². The molecule has 0 aromatic carbocycles. The second-order valence-electron chi connectivity index (χ2n) is 5.21. The average molecular weight is 281 g/mol. The Labute approximate surface area is 117 Å². The fourth-order valence-electron chi connectivity index (χ4n) is 3.00. The summed E-state index contributed by atoms with van der Waals surface area (Å²) in [7, 11) is 0. The predicted molar refractivity (Wildman–Crippen MR) is 73.3 cm³/mol. The van der Waals surface area contributed by atoms with Crippen LogP contribution in [0.15, 0.2) is 12.2 Å². The third-order valence-corrected chi connectivity index (χ3v) is 4.56. The highest BCUT2D eigenvalue weighted by Crippen LogP contribution is 2.41. The molecule has 1 aromatic rings. The van der Waals surface area contributed by atoms with E-state index in [1.165, 1.54) is 11.7 Å². The highest BCUT2D eigenvalue weighted by Gasteiger charge is 2.41. The molecule has 0 amide bonds. The molecule has 0 aliphatic carbocycles. The fraction of sp³-hybridized carbons (Fsp3) is 0.692. The number of hydrogen-bond donors (Lipinski definition) is 1. The van der Waals surface area contributed by atoms with Crippen molar-refractivity contribution >= 4 is 11.7 Å². The Kier molecular flexibility index (Phi) is 3.81. The van der Waals surface area contributed by atoms with Gasteiger partial charge in [-0.1, -0.05) is 12.2 Å². The summed E-state index contributed by atoms with van der Waals surface area (Å²) in [5.41, 5.74) is 0.946. The van der Waals surface area contributed by atoms with Gasteiger partial charge in [0, 0.05) is 13.1 Å². The lowest BCUT2D eigenvalue weighted by molar-refractivity contribution is 0.144. The SMILES string of the molecule is C/C=C/COc1nsnc1C1CCC2CN1CC2O. The first-order valence-corrected chi connectivity index (χ1v) is 7.51. The van der Waals surface area contributed by atoms with E-state index < -0.39 is 0 Å². The highest BCUT2D eigenvalue weighted by atomic mass is 32.1. The van der Waals surface area contributed by atoms with Gasteiger partial charge in [-0.05, 0) is 25.7 Å². The topological polar surface area (TPSA) is 58.5 Å². The van der Waals surface area contributed by atoms with Crippen molar-refractivity contribution < 1.29 is 9.84 Å². The van der Waals surface area contributed by atoms with Gasteiger partial charge in [0.25, 0.3) is 5.88 Å². The average Bonchev–Trinajstić information content (AvgIpc) is 2.97. The van der Waals surface area contributed by atoms with Crippen LogP contribution in [0.2, 0.25) is 0 Å². The fourth-order valence-corrected chi connectivity index (χ4v) is 3.55. The van der Waals surface area contributed by atoms with Crippen molar-refractivity contribution in [2.75, 3.05) is 19.7 Å². The van der Waals surface area contributed by atoms with Crippen molar-refractivity contribution in [1.29, 1.82) is 0 Å². The molecule has 5 nitrogen and oxygen atoms in total. The number of piperidine rings is 1. The zero-order valence-electron chi connectivity index (χ0n) is 11.0. The zero-order valence-corrected chi connectivity index (χ0v) is 11.8. The largest absolute Gasteiger partial charge is 0.471 e. The Bertz CT molecular complexity index is 460. The lowest BCUT2D eigenvalue weighted by Gasteiger charge is -2.30. The molecular weight excluding hydrogens is 262 g/mol. The van der Waals surface area contributed by atoms with E-state index in [0.29, 0.717) is 18.4 Å². The summed E-state index contributed by atoms with van der Waals surface area (Å²) in [5.74, 6) is 1.10. The molecular formula is C13H19N3O2S. The van der Waals surface area contributed by atoms with E-state index in [9.17, 15) is 5.11 Å². The number of ether oxygens (including phenoxy) is 1. The van der Waals surface area contributed by atoms with Gasteiger partial charge in [0.1, 0.15) is 12.3 Å². The summed E-state index contributed by atoms with van der Waals surface area (Å²) in [6.07, 6.45) is 5.84. The number of aliphatic hydroxyl groups excluding tert-OH is 1. The third-order valence-electron chi connectivity index (χ3n) is 4.04. The molecule has 4 atom stereocenters. The van der Waals surface area contributed by atoms with E-state index in [2.05, 4.69) is 13.6 Å². The second kappa shape index (κ2) is 5.56. The van der Waals surface area contributed by atoms with E-state index >= 15 is 0 Å². The molecule has 2 aliphatic heterocycles. The van der Waals surface area contributed by atoms with Crippen LogP contribution in [0.3, 0.4) is 0 Å². The molecule has 3 rings (SSSR count). The minimum atomic E-state index is -0.177. The molecule has 4 unspecified atom stereocenters. The molecule has 2 bridgehead atoms. The summed E-state index contributed by atoms with van der Waals surface area (Å²) in [4.78, 5) is 2.32. The van der Waals surface area contributed by atoms with Crippen molar-refractivity contribution in [2.45, 2.75) is 31.9 Å². The van der Waals surface area contributed by atoms with E-state index in [0.717, 1.165) is 31.6 Å². The number of nitrogens with zero attached hydrogens (tertiary/aromatic N) is 3. The van der Waals surface area contributed by atoms with E-state index in [1.807, 2.05) is 19.1 Å². The molecule has 0 radical (unpaired) electrons. The summed E-state index contributed by atoms with van der Waals surface area (Å²) in [6.45, 7) is 4.22. The minimum Gasteiger partial charge on any atom is -0.471 e. The zero-order chi connectivity index (χ0) is 13.2. The van der Waals surface area contributed by atoms with Gasteiger partial charge in [-0.25, -0.2) is 0 Å². The Balaban J connectivity index is 1.73. The first kappa shape index (κ1) is 13.0. The Morgan fingerprint density at radius 2 is 2.32 bits per heavy atom. The molecule has 2 saturated heterocycles. The standard InChI is InChI=1S/C13H19N3O2S/c1-2-3-6-18-13-12(14-19-15-13)10-5-4-9-7-16(10)8-11(9)17/h2-3,9-11,17H,4-8H2,1H3/b3-2+. The van der Waals surface area contributed by atoms with Gasteiger partial charge in [0.05, 0.1) is 23.9 Å². The summed E-state index contributed by atoms with van der Waals surface area (Å²) in [6, 6.07) is 0.257. The van der Waals surface area contributed by atoms with Gasteiger partial charge < -0.3 is 9.84 Å². The highest BCUT2D eigenvalue weighted by molar-refractivity contribution is 6.99. The maximum absolute atomic E-state index is 9.94. The number of aliphatic hydroxyl groups is 1. The van der Waals surface area contributed by atoms with E-state index in [4.69, 9.17) is 4.74 Å². The van der Waals surface area contributed by atoms with Crippen LogP contribution in [0.4, 0.5) is 0 Å². The van der Waals surface area contributed by atoms with Crippen LogP contribution in [0.25, 0.3) is 0 Å². The molecule has 1 aromatic heterocycles. The van der Waals surface area contributed by atoms with Crippen LogP contribution in [-0.4, -0.2) is 44.6 Å². The van der Waals surface area contributed by atoms with Crippen LogP contribution >= 0.6 is 11.7 Å². The molecule has 0 saturated carbocycles. The minimum absolute atomic E-state index is 0.177. The first-order chi connectivity index (χ1) is 9.29. The van der Waals surface area contributed by atoms with E-state index in [-0.39, 0.29) is 12.1 Å². The maximum Gasteiger partial charge on any atom is 0.251 e. The molecule has 19 heavy (non-hydrogen) atoms. The van der Waals surface area contributed by atoms with Crippen LogP contribution in [0.1, 0.15) is 31.5 Å². The van der Waals surface area contributed by atoms with Crippen molar-refractivity contribution in [3.05, 3.63) is 17.8 Å². The normalized spacial score (nSPS) is 34.0. The molecule has 3 heterocycles. The molecule has 1 N–H and O–H groups in total. The lowest BCUT2D eigenvalue weighted by Crippen LogP contribution is -2.31. The predicted octanol–water partition coefficient (Wildman–Crippen LogP) is 1.62. The van der Waals surface area contributed by atoms with Gasteiger partial charge >= 0.3 is 0 Å². The van der Waals surface area contributed by atoms with Crippen LogP contribution in [-0.2, 0) is 0 Å². The number of allylic oxidation sites excluding steroid dienone is 1. The monoisotopic (exact) mass is 281 g/mol. The molecule has 2 fully saturated rings. The molecule has 2 aliphatic rings. The molecule has 0 spiro atoms. The maximum atomic E-state index is 9.94. The Morgan fingerprint density at radius 3 is 3.16 bits per heavy atom. The van der Waals surface area contributed by atoms with Crippen LogP contribution in [0.5, 0.6) is 5.88 Å². The summed E-state index contributed by atoms with van der Waals surface area (Å²) in [5, 5.41) is 9.94. The van der Waals surface area contributed by atoms with E-state index in [1.54, 1.807) is 0 Å². The quantitative estimate of drug-likeness (QED) is 0.850. The first-order valence-electron chi connectivity index (χ1n) is 6.78. The van der Waals surface area contributed by atoms with Gasteiger partial charge in [-0.2, -0.15) is 4.37 Å². The van der Waals surface area contributed by atoms with Crippen LogP contribution < -0.4 is 4.74 Å². The number of aromatic nitrogens is 2. The lowest BCUT2D eigenvalue weighted by atomic mass is 9.93. The molecule has 6 heteroatoms.